The van der Waals surface area contributed by atoms with E-state index in [1.807, 2.05) is 0 Å². The normalized spacial score (nSPS) is 11.9. The molecule has 0 radical (unpaired) electrons. The third-order valence-electron chi connectivity index (χ3n) is 2.99. The van der Waals surface area contributed by atoms with Gasteiger partial charge in [-0.1, -0.05) is 41.4 Å². The van der Waals surface area contributed by atoms with Gasteiger partial charge in [-0.2, -0.15) is 0 Å². The lowest BCUT2D eigenvalue weighted by Crippen LogP contribution is -2.01. The highest BCUT2D eigenvalue weighted by atomic mass is 35.5. The van der Waals surface area contributed by atoms with Crippen LogP contribution < -0.4 is 0 Å². The van der Waals surface area contributed by atoms with E-state index < -0.39 is 9.84 Å². The number of H-pyrrole nitrogens is 1. The van der Waals surface area contributed by atoms with E-state index in [4.69, 9.17) is 23.2 Å². The summed E-state index contributed by atoms with van der Waals surface area (Å²) in [5.74, 6) is 0. The summed E-state index contributed by atoms with van der Waals surface area (Å²) in [5, 5.41) is 1.04. The van der Waals surface area contributed by atoms with Crippen LogP contribution in [0.2, 0.25) is 10.2 Å². The average Bonchev–Trinajstić information content (AvgIpc) is 2.75. The summed E-state index contributed by atoms with van der Waals surface area (Å²) in [6.07, 6.45) is 0. The minimum Gasteiger partial charge on any atom is -0.344 e. The van der Waals surface area contributed by atoms with Crippen LogP contribution >= 0.6 is 23.2 Å². The highest BCUT2D eigenvalue weighted by molar-refractivity contribution is 7.91. The van der Waals surface area contributed by atoms with Crippen molar-refractivity contribution in [1.82, 2.24) is 4.98 Å². The molecule has 0 aliphatic carbocycles. The number of halogens is 2. The number of nitrogens with one attached hydrogen (secondary N) is 1. The van der Waals surface area contributed by atoms with Gasteiger partial charge in [0.15, 0.2) is 0 Å². The summed E-state index contributed by atoms with van der Waals surface area (Å²) in [5.41, 5.74) is 0.633. The van der Waals surface area contributed by atoms with Gasteiger partial charge >= 0.3 is 0 Å². The summed E-state index contributed by atoms with van der Waals surface area (Å²) >= 11 is 12.0. The third-order valence-corrected chi connectivity index (χ3v) is 5.48. The van der Waals surface area contributed by atoms with Gasteiger partial charge in [-0.3, -0.25) is 0 Å². The van der Waals surface area contributed by atoms with Crippen molar-refractivity contribution >= 4 is 43.9 Å². The first-order chi connectivity index (χ1) is 9.50. The molecule has 0 spiro atoms. The van der Waals surface area contributed by atoms with Crippen LogP contribution in [-0.2, 0) is 9.84 Å². The fourth-order valence-electron chi connectivity index (χ4n) is 2.09. The van der Waals surface area contributed by atoms with E-state index in [9.17, 15) is 8.42 Å². The van der Waals surface area contributed by atoms with E-state index in [0.29, 0.717) is 15.9 Å². The zero-order chi connectivity index (χ0) is 14.3. The molecule has 20 heavy (non-hydrogen) atoms. The van der Waals surface area contributed by atoms with Crippen molar-refractivity contribution < 1.29 is 8.42 Å². The molecule has 0 saturated heterocycles. The van der Waals surface area contributed by atoms with Crippen molar-refractivity contribution in [3.63, 3.8) is 0 Å². The first-order valence-electron chi connectivity index (χ1n) is 5.77. The summed E-state index contributed by atoms with van der Waals surface area (Å²) in [6.45, 7) is 0. The van der Waals surface area contributed by atoms with Gasteiger partial charge in [0.2, 0.25) is 9.84 Å². The Kier molecular flexibility index (Phi) is 3.24. The van der Waals surface area contributed by atoms with Crippen molar-refractivity contribution in [3.8, 4) is 0 Å². The van der Waals surface area contributed by atoms with Gasteiger partial charge < -0.3 is 4.98 Å². The van der Waals surface area contributed by atoms with Crippen LogP contribution in [0.15, 0.2) is 58.3 Å². The largest absolute Gasteiger partial charge is 0.344 e. The molecule has 0 unspecified atom stereocenters. The first-order valence-corrected chi connectivity index (χ1v) is 8.01. The van der Waals surface area contributed by atoms with Gasteiger partial charge in [-0.15, -0.1) is 0 Å². The van der Waals surface area contributed by atoms with E-state index in [-0.39, 0.29) is 14.9 Å². The average molecular weight is 326 g/mol. The highest BCUT2D eigenvalue weighted by Crippen LogP contribution is 2.35. The lowest BCUT2D eigenvalue weighted by atomic mass is 10.2. The Morgan fingerprint density at radius 3 is 2.35 bits per heavy atom. The molecule has 2 aromatic carbocycles. The maximum absolute atomic E-state index is 12.7. The number of sulfone groups is 1. The van der Waals surface area contributed by atoms with Crippen molar-refractivity contribution in [1.29, 1.82) is 0 Å². The summed E-state index contributed by atoms with van der Waals surface area (Å²) in [6, 6.07) is 13.1. The smallest absolute Gasteiger partial charge is 0.210 e. The monoisotopic (exact) mass is 325 g/mol. The first kappa shape index (κ1) is 13.5. The number of hydrogen-bond donors (Lipinski definition) is 1. The van der Waals surface area contributed by atoms with Crippen LogP contribution in [0, 0.1) is 0 Å². The van der Waals surface area contributed by atoms with Gasteiger partial charge in [0, 0.05) is 15.9 Å². The molecule has 6 heteroatoms. The number of rotatable bonds is 2. The van der Waals surface area contributed by atoms with Crippen molar-refractivity contribution in [2.24, 2.45) is 0 Å². The quantitative estimate of drug-likeness (QED) is 0.763. The topological polar surface area (TPSA) is 49.9 Å². The molecule has 0 aliphatic heterocycles. The van der Waals surface area contributed by atoms with Gasteiger partial charge in [0.25, 0.3) is 0 Å². The van der Waals surface area contributed by atoms with Gasteiger partial charge in [0.05, 0.1) is 4.90 Å². The van der Waals surface area contributed by atoms with Crippen LogP contribution in [-0.4, -0.2) is 13.4 Å². The number of hydrogen-bond acceptors (Lipinski definition) is 2. The van der Waals surface area contributed by atoms with Crippen LogP contribution in [0.3, 0.4) is 0 Å². The lowest BCUT2D eigenvalue weighted by molar-refractivity contribution is 0.597. The lowest BCUT2D eigenvalue weighted by Gasteiger charge is -2.04. The molecule has 0 amide bonds. The van der Waals surface area contributed by atoms with Crippen LogP contribution in [0.25, 0.3) is 10.9 Å². The van der Waals surface area contributed by atoms with E-state index in [2.05, 4.69) is 4.98 Å². The van der Waals surface area contributed by atoms with Gasteiger partial charge in [-0.05, 0) is 30.3 Å². The maximum atomic E-state index is 12.7. The molecule has 0 aliphatic rings. The molecule has 3 aromatic rings. The van der Waals surface area contributed by atoms with Crippen LogP contribution in [0.1, 0.15) is 0 Å². The van der Waals surface area contributed by atoms with E-state index in [1.54, 1.807) is 36.4 Å². The van der Waals surface area contributed by atoms with Crippen molar-refractivity contribution in [2.75, 3.05) is 0 Å². The van der Waals surface area contributed by atoms with Gasteiger partial charge in [0.1, 0.15) is 10.0 Å². The zero-order valence-electron chi connectivity index (χ0n) is 10.1. The van der Waals surface area contributed by atoms with Gasteiger partial charge in [-0.25, -0.2) is 8.42 Å². The number of benzene rings is 2. The van der Waals surface area contributed by atoms with Crippen LogP contribution in [0.4, 0.5) is 0 Å². The molecule has 1 N–H and O–H groups in total. The molecule has 0 atom stereocenters. The minimum atomic E-state index is -3.69. The van der Waals surface area contributed by atoms with Crippen LogP contribution in [0.5, 0.6) is 0 Å². The summed E-state index contributed by atoms with van der Waals surface area (Å²) < 4.78 is 25.4. The summed E-state index contributed by atoms with van der Waals surface area (Å²) in [4.78, 5) is 3.11. The predicted octanol–water partition coefficient (Wildman–Crippen LogP) is 4.31. The molecule has 1 aromatic heterocycles. The standard InChI is InChI=1S/C14H9Cl2NO2S/c15-9-6-7-12-11(8-9)13(14(16)17-12)20(18,19)10-4-2-1-3-5-10/h1-8,17H. The Morgan fingerprint density at radius 2 is 1.65 bits per heavy atom. The molecule has 0 bridgehead atoms. The van der Waals surface area contributed by atoms with E-state index >= 15 is 0 Å². The molecular weight excluding hydrogens is 317 g/mol. The van der Waals surface area contributed by atoms with Crippen molar-refractivity contribution in [2.45, 2.75) is 9.79 Å². The molecule has 3 nitrogen and oxygen atoms in total. The Balaban J connectivity index is 2.35. The maximum Gasteiger partial charge on any atom is 0.210 e. The minimum absolute atomic E-state index is 0.0582. The Morgan fingerprint density at radius 1 is 0.950 bits per heavy atom. The molecule has 102 valence electrons. The molecule has 3 rings (SSSR count). The number of fused-ring (bicyclic) bond motifs is 1. The fraction of sp³-hybridized carbons (Fsp3) is 0. The molecule has 1 heterocycles. The SMILES string of the molecule is O=S(=O)(c1ccccc1)c1c(Cl)[nH]c2ccc(Cl)cc12. The molecule has 0 fully saturated rings. The second-order valence-electron chi connectivity index (χ2n) is 4.27. The Hall–Kier alpha value is -1.49. The highest BCUT2D eigenvalue weighted by Gasteiger charge is 2.25. The third kappa shape index (κ3) is 2.10. The number of aromatic nitrogens is 1. The second-order valence-corrected chi connectivity index (χ2v) is 6.98. The van der Waals surface area contributed by atoms with Crippen molar-refractivity contribution in [3.05, 3.63) is 58.7 Å². The predicted molar refractivity (Wildman–Crippen MR) is 80.2 cm³/mol. The molecule has 0 saturated carbocycles. The number of aromatic amines is 1. The summed E-state index contributed by atoms with van der Waals surface area (Å²) in [7, 11) is -3.69. The molecular formula is C14H9Cl2NO2S. The van der Waals surface area contributed by atoms with E-state index in [1.165, 1.54) is 12.1 Å². The zero-order valence-corrected chi connectivity index (χ0v) is 12.4. The second kappa shape index (κ2) is 4.81. The van der Waals surface area contributed by atoms with E-state index in [0.717, 1.165) is 0 Å². The Bertz CT molecular complexity index is 886. The Labute approximate surface area is 126 Å². The fourth-order valence-corrected chi connectivity index (χ4v) is 4.26.